The summed E-state index contributed by atoms with van der Waals surface area (Å²) in [4.78, 5) is 14.2. The van der Waals surface area contributed by atoms with Crippen molar-refractivity contribution in [3.8, 4) is 0 Å². The number of para-hydroxylation sites is 1. The van der Waals surface area contributed by atoms with Gasteiger partial charge >= 0.3 is 0 Å². The second-order valence-electron chi connectivity index (χ2n) is 4.68. The topological polar surface area (TPSA) is 32.3 Å². The van der Waals surface area contributed by atoms with Crippen molar-refractivity contribution in [2.75, 3.05) is 25.0 Å². The third kappa shape index (κ3) is 5.70. The number of rotatable bonds is 8. The summed E-state index contributed by atoms with van der Waals surface area (Å²) in [5.74, 6) is -0.0602. The third-order valence-corrected chi connectivity index (χ3v) is 3.79. The van der Waals surface area contributed by atoms with Crippen LogP contribution >= 0.6 is 23.2 Å². The van der Waals surface area contributed by atoms with Crippen molar-refractivity contribution in [3.63, 3.8) is 0 Å². The Labute approximate surface area is 131 Å². The fourth-order valence-corrected chi connectivity index (χ4v) is 2.38. The van der Waals surface area contributed by atoms with Crippen molar-refractivity contribution in [1.29, 1.82) is 0 Å². The number of benzene rings is 1. The predicted octanol–water partition coefficient (Wildman–Crippen LogP) is 4.44. The van der Waals surface area contributed by atoms with Crippen LogP contribution in [0.25, 0.3) is 0 Å². The van der Waals surface area contributed by atoms with E-state index >= 15 is 0 Å². The lowest BCUT2D eigenvalue weighted by atomic mass is 10.2. The summed E-state index contributed by atoms with van der Waals surface area (Å²) in [6.07, 6.45) is 2.77. The highest BCUT2D eigenvalue weighted by molar-refractivity contribution is 6.39. The molecule has 0 saturated carbocycles. The molecular formula is C15H22Cl2N2O. The van der Waals surface area contributed by atoms with Crippen LogP contribution in [0.3, 0.4) is 0 Å². The summed E-state index contributed by atoms with van der Waals surface area (Å²) in [5.41, 5.74) is 0.498. The Morgan fingerprint density at radius 2 is 1.85 bits per heavy atom. The van der Waals surface area contributed by atoms with Crippen molar-refractivity contribution >= 4 is 34.8 Å². The number of nitrogens with one attached hydrogen (secondary N) is 1. The van der Waals surface area contributed by atoms with Gasteiger partial charge in [0.2, 0.25) is 5.91 Å². The molecule has 1 rings (SSSR count). The SMILES string of the molecule is CCCCN(CC)CCC(=O)Nc1c(Cl)cccc1Cl. The minimum atomic E-state index is -0.0602. The van der Waals surface area contributed by atoms with E-state index in [2.05, 4.69) is 24.1 Å². The molecule has 0 saturated heterocycles. The van der Waals surface area contributed by atoms with E-state index in [0.717, 1.165) is 32.5 Å². The normalized spacial score (nSPS) is 10.8. The maximum absolute atomic E-state index is 12.0. The molecule has 0 heterocycles. The molecule has 0 radical (unpaired) electrons. The molecule has 1 N–H and O–H groups in total. The summed E-state index contributed by atoms with van der Waals surface area (Å²) in [5, 5.41) is 3.71. The zero-order chi connectivity index (χ0) is 15.0. The highest BCUT2D eigenvalue weighted by atomic mass is 35.5. The fourth-order valence-electron chi connectivity index (χ4n) is 1.89. The van der Waals surface area contributed by atoms with Crippen LogP contribution in [0.5, 0.6) is 0 Å². The molecule has 3 nitrogen and oxygen atoms in total. The van der Waals surface area contributed by atoms with Crippen molar-refractivity contribution in [1.82, 2.24) is 4.90 Å². The standard InChI is InChI=1S/C15H22Cl2N2O/c1-3-5-10-19(4-2)11-9-14(20)18-15-12(16)7-6-8-13(15)17/h6-8H,3-5,9-11H2,1-2H3,(H,18,20). The van der Waals surface area contributed by atoms with E-state index in [1.54, 1.807) is 18.2 Å². The first-order chi connectivity index (χ1) is 9.58. The van der Waals surface area contributed by atoms with E-state index in [9.17, 15) is 4.79 Å². The van der Waals surface area contributed by atoms with E-state index in [4.69, 9.17) is 23.2 Å². The predicted molar refractivity (Wildman–Crippen MR) is 86.7 cm³/mol. The van der Waals surface area contributed by atoms with Crippen LogP contribution in [0.2, 0.25) is 10.0 Å². The first-order valence-electron chi connectivity index (χ1n) is 7.04. The molecule has 1 aromatic rings. The van der Waals surface area contributed by atoms with Gasteiger partial charge in [0.15, 0.2) is 0 Å². The van der Waals surface area contributed by atoms with Gasteiger partial charge in [-0.25, -0.2) is 0 Å². The van der Waals surface area contributed by atoms with E-state index in [0.29, 0.717) is 22.2 Å². The Kier molecular flexibility index (Phi) is 7.97. The molecule has 0 fully saturated rings. The first-order valence-corrected chi connectivity index (χ1v) is 7.80. The Bertz CT molecular complexity index is 418. The van der Waals surface area contributed by atoms with Crippen LogP contribution in [0.15, 0.2) is 18.2 Å². The largest absolute Gasteiger partial charge is 0.324 e. The number of carbonyl (C=O) groups is 1. The van der Waals surface area contributed by atoms with Gasteiger partial charge in [-0.3, -0.25) is 4.79 Å². The maximum Gasteiger partial charge on any atom is 0.225 e. The third-order valence-electron chi connectivity index (χ3n) is 3.16. The van der Waals surface area contributed by atoms with Crippen LogP contribution in [0.4, 0.5) is 5.69 Å². The summed E-state index contributed by atoms with van der Waals surface area (Å²) < 4.78 is 0. The number of nitrogens with zero attached hydrogens (tertiary/aromatic N) is 1. The Morgan fingerprint density at radius 1 is 1.20 bits per heavy atom. The zero-order valence-electron chi connectivity index (χ0n) is 12.1. The van der Waals surface area contributed by atoms with Crippen molar-refractivity contribution in [2.45, 2.75) is 33.1 Å². The molecule has 0 unspecified atom stereocenters. The van der Waals surface area contributed by atoms with Gasteiger partial charge in [0, 0.05) is 13.0 Å². The maximum atomic E-state index is 12.0. The van der Waals surface area contributed by atoms with E-state index in [1.807, 2.05) is 0 Å². The van der Waals surface area contributed by atoms with E-state index < -0.39 is 0 Å². The summed E-state index contributed by atoms with van der Waals surface area (Å²) in [6, 6.07) is 5.18. The Hall–Kier alpha value is -0.770. The van der Waals surface area contributed by atoms with Gasteiger partial charge in [-0.15, -0.1) is 0 Å². The van der Waals surface area contributed by atoms with Crippen LogP contribution in [-0.4, -0.2) is 30.4 Å². The fraction of sp³-hybridized carbons (Fsp3) is 0.533. The molecule has 112 valence electrons. The van der Waals surface area contributed by atoms with Gasteiger partial charge in [0.1, 0.15) is 0 Å². The molecule has 0 atom stereocenters. The number of hydrogen-bond donors (Lipinski definition) is 1. The molecule has 0 bridgehead atoms. The highest BCUT2D eigenvalue weighted by Gasteiger charge is 2.11. The molecule has 20 heavy (non-hydrogen) atoms. The summed E-state index contributed by atoms with van der Waals surface area (Å²) >= 11 is 12.0. The Balaban J connectivity index is 2.47. The van der Waals surface area contributed by atoms with Gasteiger partial charge in [0.25, 0.3) is 0 Å². The van der Waals surface area contributed by atoms with Gasteiger partial charge in [-0.05, 0) is 31.6 Å². The molecule has 0 aliphatic rings. The lowest BCUT2D eigenvalue weighted by Crippen LogP contribution is -2.28. The lowest BCUT2D eigenvalue weighted by molar-refractivity contribution is -0.116. The van der Waals surface area contributed by atoms with Crippen LogP contribution in [0.1, 0.15) is 33.1 Å². The Morgan fingerprint density at radius 3 is 2.40 bits per heavy atom. The van der Waals surface area contributed by atoms with Crippen molar-refractivity contribution in [3.05, 3.63) is 28.2 Å². The molecule has 0 aliphatic carbocycles. The summed E-state index contributed by atoms with van der Waals surface area (Å²) in [6.45, 7) is 7.02. The second kappa shape index (κ2) is 9.22. The van der Waals surface area contributed by atoms with Gasteiger partial charge in [0.05, 0.1) is 15.7 Å². The monoisotopic (exact) mass is 316 g/mol. The average Bonchev–Trinajstić information content (AvgIpc) is 2.43. The lowest BCUT2D eigenvalue weighted by Gasteiger charge is -2.19. The number of halogens is 2. The van der Waals surface area contributed by atoms with Gasteiger partial charge in [-0.1, -0.05) is 49.5 Å². The van der Waals surface area contributed by atoms with Crippen molar-refractivity contribution in [2.24, 2.45) is 0 Å². The molecule has 1 aromatic carbocycles. The molecule has 0 aliphatic heterocycles. The molecular weight excluding hydrogens is 295 g/mol. The minimum absolute atomic E-state index is 0.0602. The smallest absolute Gasteiger partial charge is 0.225 e. The zero-order valence-corrected chi connectivity index (χ0v) is 13.6. The average molecular weight is 317 g/mol. The number of carbonyl (C=O) groups excluding carboxylic acids is 1. The van der Waals surface area contributed by atoms with Crippen LogP contribution < -0.4 is 5.32 Å². The molecule has 1 amide bonds. The van der Waals surface area contributed by atoms with Crippen LogP contribution in [0, 0.1) is 0 Å². The van der Waals surface area contributed by atoms with Gasteiger partial charge in [-0.2, -0.15) is 0 Å². The quantitative estimate of drug-likeness (QED) is 0.768. The molecule has 5 heteroatoms. The molecule has 0 spiro atoms. The highest BCUT2D eigenvalue weighted by Crippen LogP contribution is 2.29. The number of anilines is 1. The van der Waals surface area contributed by atoms with Crippen LogP contribution in [-0.2, 0) is 4.79 Å². The minimum Gasteiger partial charge on any atom is -0.324 e. The van der Waals surface area contributed by atoms with E-state index in [-0.39, 0.29) is 5.91 Å². The number of unbranched alkanes of at least 4 members (excludes halogenated alkanes) is 1. The van der Waals surface area contributed by atoms with E-state index in [1.165, 1.54) is 0 Å². The van der Waals surface area contributed by atoms with Gasteiger partial charge < -0.3 is 10.2 Å². The van der Waals surface area contributed by atoms with Crippen molar-refractivity contribution < 1.29 is 4.79 Å². The summed E-state index contributed by atoms with van der Waals surface area (Å²) in [7, 11) is 0. The second-order valence-corrected chi connectivity index (χ2v) is 5.50. The number of hydrogen-bond acceptors (Lipinski definition) is 2. The number of amides is 1. The molecule has 0 aromatic heterocycles. The first kappa shape index (κ1) is 17.3.